The summed E-state index contributed by atoms with van der Waals surface area (Å²) < 4.78 is 8.53. The molecule has 42 heavy (non-hydrogen) atoms. The molecule has 0 atom stereocenters. The van der Waals surface area contributed by atoms with Gasteiger partial charge in [0.25, 0.3) is 0 Å². The van der Waals surface area contributed by atoms with Crippen LogP contribution in [0.5, 0.6) is 0 Å². The molecule has 4 nitrogen and oxygen atoms in total. The fourth-order valence-electron chi connectivity index (χ4n) is 6.28. The van der Waals surface area contributed by atoms with Gasteiger partial charge in [-0.15, -0.1) is 0 Å². The number of nitrogens with zero attached hydrogens (tertiary/aromatic N) is 3. The average molecular weight is 538 g/mol. The van der Waals surface area contributed by atoms with Crippen molar-refractivity contribution < 1.29 is 4.42 Å². The number of fused-ring (bicyclic) bond motifs is 8. The van der Waals surface area contributed by atoms with Crippen molar-refractivity contribution in [2.75, 3.05) is 0 Å². The summed E-state index contributed by atoms with van der Waals surface area (Å²) in [5.41, 5.74) is 6.91. The number of aromatic nitrogens is 3. The SMILES string of the molecule is c1ccc(-c2cc(-n3c4ccccc4c4cc5ccc6oc7ccccc7c6c5cc43)nc(-c3ccccc3)n2)cc1. The standard InChI is InChI=1S/C38H23N3O/c1-3-11-24(12-4-1)31-23-36(40-38(39-31)25-13-5-2-6-14-25)41-32-17-9-7-15-27(32)30-21-26-19-20-35-37(29(26)22-33(30)41)28-16-8-10-18-34(28)42-35/h1-23H. The molecule has 6 aromatic carbocycles. The van der Waals surface area contributed by atoms with Crippen LogP contribution >= 0.6 is 0 Å². The van der Waals surface area contributed by atoms with Crippen LogP contribution in [0.1, 0.15) is 0 Å². The molecule has 0 bridgehead atoms. The Morgan fingerprint density at radius 1 is 0.476 bits per heavy atom. The van der Waals surface area contributed by atoms with Crippen molar-refractivity contribution in [1.29, 1.82) is 0 Å². The van der Waals surface area contributed by atoms with Crippen molar-refractivity contribution in [2.24, 2.45) is 0 Å². The molecular formula is C38H23N3O. The van der Waals surface area contributed by atoms with Crippen molar-refractivity contribution in [1.82, 2.24) is 14.5 Å². The van der Waals surface area contributed by atoms with Crippen molar-refractivity contribution in [3.63, 3.8) is 0 Å². The molecule has 0 spiro atoms. The minimum Gasteiger partial charge on any atom is -0.456 e. The van der Waals surface area contributed by atoms with Gasteiger partial charge in [0.05, 0.1) is 16.7 Å². The van der Waals surface area contributed by atoms with Crippen LogP contribution in [0.2, 0.25) is 0 Å². The lowest BCUT2D eigenvalue weighted by Crippen LogP contribution is -2.02. The van der Waals surface area contributed by atoms with E-state index in [2.05, 4.69) is 95.6 Å². The maximum absolute atomic E-state index is 6.25. The lowest BCUT2D eigenvalue weighted by atomic mass is 10.0. The molecular weight excluding hydrogens is 514 g/mol. The van der Waals surface area contributed by atoms with Crippen LogP contribution in [0, 0.1) is 0 Å². The summed E-state index contributed by atoms with van der Waals surface area (Å²) in [6, 6.07) is 48.3. The molecule has 0 radical (unpaired) electrons. The highest BCUT2D eigenvalue weighted by atomic mass is 16.3. The molecule has 3 aromatic heterocycles. The number of rotatable bonds is 3. The molecule has 0 aliphatic carbocycles. The Bertz CT molecular complexity index is 2400. The van der Waals surface area contributed by atoms with Crippen LogP contribution < -0.4 is 0 Å². The van der Waals surface area contributed by atoms with Gasteiger partial charge in [-0.1, -0.05) is 103 Å². The quantitative estimate of drug-likeness (QED) is 0.225. The van der Waals surface area contributed by atoms with Crippen LogP contribution in [0.4, 0.5) is 0 Å². The summed E-state index contributed by atoms with van der Waals surface area (Å²) in [4.78, 5) is 10.2. The highest BCUT2D eigenvalue weighted by Crippen LogP contribution is 2.40. The average Bonchev–Trinajstić information content (AvgIpc) is 3.60. The molecule has 9 rings (SSSR count). The largest absolute Gasteiger partial charge is 0.456 e. The molecule has 4 heteroatoms. The molecule has 0 saturated heterocycles. The molecule has 0 amide bonds. The van der Waals surface area contributed by atoms with E-state index in [0.29, 0.717) is 5.82 Å². The van der Waals surface area contributed by atoms with Crippen LogP contribution in [0.15, 0.2) is 144 Å². The maximum atomic E-state index is 6.25. The third-order valence-corrected chi connectivity index (χ3v) is 8.19. The number of hydrogen-bond acceptors (Lipinski definition) is 3. The van der Waals surface area contributed by atoms with E-state index in [9.17, 15) is 0 Å². The molecule has 0 saturated carbocycles. The maximum Gasteiger partial charge on any atom is 0.162 e. The first kappa shape index (κ1) is 23.0. The van der Waals surface area contributed by atoms with Gasteiger partial charge in [0, 0.05) is 38.7 Å². The Hall–Kier alpha value is -5.74. The Balaban J connectivity index is 1.41. The van der Waals surface area contributed by atoms with Crippen LogP contribution in [-0.2, 0) is 0 Å². The lowest BCUT2D eigenvalue weighted by Gasteiger charge is -2.12. The monoisotopic (exact) mass is 537 g/mol. The zero-order valence-corrected chi connectivity index (χ0v) is 22.5. The van der Waals surface area contributed by atoms with Gasteiger partial charge in [-0.05, 0) is 41.1 Å². The van der Waals surface area contributed by atoms with Gasteiger partial charge in [-0.2, -0.15) is 0 Å². The van der Waals surface area contributed by atoms with E-state index in [1.165, 1.54) is 16.2 Å². The van der Waals surface area contributed by atoms with E-state index in [1.54, 1.807) is 0 Å². The minimum atomic E-state index is 0.696. The Labute approximate surface area is 241 Å². The van der Waals surface area contributed by atoms with Gasteiger partial charge in [-0.25, -0.2) is 9.97 Å². The second-order valence-electron chi connectivity index (χ2n) is 10.6. The van der Waals surface area contributed by atoms with Crippen molar-refractivity contribution in [3.05, 3.63) is 140 Å². The highest BCUT2D eigenvalue weighted by molar-refractivity contribution is 6.23. The molecule has 3 heterocycles. The summed E-state index contributed by atoms with van der Waals surface area (Å²) in [5.74, 6) is 1.53. The smallest absolute Gasteiger partial charge is 0.162 e. The number of furan rings is 1. The van der Waals surface area contributed by atoms with E-state index in [-0.39, 0.29) is 0 Å². The summed E-state index contributed by atoms with van der Waals surface area (Å²) in [6.07, 6.45) is 0. The third kappa shape index (κ3) is 3.42. The van der Waals surface area contributed by atoms with Gasteiger partial charge in [-0.3, -0.25) is 4.57 Å². The Morgan fingerprint density at radius 2 is 1.19 bits per heavy atom. The molecule has 9 aromatic rings. The van der Waals surface area contributed by atoms with E-state index < -0.39 is 0 Å². The second-order valence-corrected chi connectivity index (χ2v) is 10.6. The van der Waals surface area contributed by atoms with Gasteiger partial charge in [0.1, 0.15) is 17.0 Å². The fraction of sp³-hybridized carbons (Fsp3) is 0. The second kappa shape index (κ2) is 8.88. The van der Waals surface area contributed by atoms with E-state index >= 15 is 0 Å². The van der Waals surface area contributed by atoms with Gasteiger partial charge in [0.15, 0.2) is 5.82 Å². The first-order chi connectivity index (χ1) is 20.8. The molecule has 0 N–H and O–H groups in total. The zero-order valence-electron chi connectivity index (χ0n) is 22.5. The number of para-hydroxylation sites is 2. The molecule has 0 unspecified atom stereocenters. The van der Waals surface area contributed by atoms with Crippen molar-refractivity contribution >= 4 is 54.5 Å². The van der Waals surface area contributed by atoms with Gasteiger partial charge in [0.2, 0.25) is 0 Å². The normalized spacial score (nSPS) is 11.8. The topological polar surface area (TPSA) is 43.9 Å². The van der Waals surface area contributed by atoms with Crippen molar-refractivity contribution in [2.45, 2.75) is 0 Å². The predicted octanol–water partition coefficient (Wildman–Crippen LogP) is 9.96. The fourth-order valence-corrected chi connectivity index (χ4v) is 6.28. The molecule has 0 fully saturated rings. The summed E-state index contributed by atoms with van der Waals surface area (Å²) in [5, 5.41) is 6.98. The molecule has 0 aliphatic rings. The predicted molar refractivity (Wildman–Crippen MR) is 172 cm³/mol. The minimum absolute atomic E-state index is 0.696. The van der Waals surface area contributed by atoms with E-state index in [0.717, 1.165) is 61.0 Å². The Morgan fingerprint density at radius 3 is 2.02 bits per heavy atom. The van der Waals surface area contributed by atoms with Crippen molar-refractivity contribution in [3.8, 4) is 28.5 Å². The van der Waals surface area contributed by atoms with Crippen LogP contribution in [-0.4, -0.2) is 14.5 Å². The third-order valence-electron chi connectivity index (χ3n) is 8.19. The Kier molecular flexibility index (Phi) is 4.87. The van der Waals surface area contributed by atoms with Crippen LogP contribution in [0.25, 0.3) is 83.0 Å². The van der Waals surface area contributed by atoms with Gasteiger partial charge < -0.3 is 4.42 Å². The lowest BCUT2D eigenvalue weighted by molar-refractivity contribution is 0.669. The summed E-state index contributed by atoms with van der Waals surface area (Å²) in [6.45, 7) is 0. The molecule has 0 aliphatic heterocycles. The van der Waals surface area contributed by atoms with E-state index in [4.69, 9.17) is 14.4 Å². The first-order valence-corrected chi connectivity index (χ1v) is 14.1. The van der Waals surface area contributed by atoms with Gasteiger partial charge >= 0.3 is 0 Å². The van der Waals surface area contributed by atoms with E-state index in [1.807, 2.05) is 48.5 Å². The summed E-state index contributed by atoms with van der Waals surface area (Å²) in [7, 11) is 0. The zero-order chi connectivity index (χ0) is 27.6. The summed E-state index contributed by atoms with van der Waals surface area (Å²) >= 11 is 0. The number of hydrogen-bond donors (Lipinski definition) is 0. The highest BCUT2D eigenvalue weighted by Gasteiger charge is 2.18. The van der Waals surface area contributed by atoms with Crippen LogP contribution in [0.3, 0.4) is 0 Å². The first-order valence-electron chi connectivity index (χ1n) is 14.1. The molecule has 196 valence electrons. The number of benzene rings is 6.